The van der Waals surface area contributed by atoms with Crippen LogP contribution in [0.5, 0.6) is 0 Å². The van der Waals surface area contributed by atoms with E-state index in [2.05, 4.69) is 0 Å². The molecule has 0 fully saturated rings. The number of hydrogen-bond acceptors (Lipinski definition) is 4. The zero-order valence-corrected chi connectivity index (χ0v) is 9.94. The maximum absolute atomic E-state index is 13.4. The monoisotopic (exact) mass is 296 g/mol. The second-order valence-electron chi connectivity index (χ2n) is 3.85. The smallest absolute Gasteiger partial charge is 0.405 e. The highest BCUT2D eigenvalue weighted by molar-refractivity contribution is 5.90. The Balaban J connectivity index is 3.35. The first-order valence-corrected chi connectivity index (χ1v) is 5.02. The molecule has 1 aromatic rings. The van der Waals surface area contributed by atoms with Gasteiger partial charge in [0.1, 0.15) is 23.6 Å². The van der Waals surface area contributed by atoms with Gasteiger partial charge in [-0.15, -0.1) is 0 Å². The first-order valence-electron chi connectivity index (χ1n) is 5.02. The van der Waals surface area contributed by atoms with Crippen LogP contribution in [0.15, 0.2) is 12.1 Å². The average Bonchev–Trinajstić information content (AvgIpc) is 2.25. The molecule has 0 aliphatic heterocycles. The Labute approximate surface area is 109 Å². The summed E-state index contributed by atoms with van der Waals surface area (Å²) in [5.41, 5.74) is -2.56. The molecular weight excluding hydrogens is 288 g/mol. The van der Waals surface area contributed by atoms with Gasteiger partial charge in [-0.05, 0) is 0 Å². The van der Waals surface area contributed by atoms with Crippen LogP contribution in [-0.4, -0.2) is 35.8 Å². The minimum absolute atomic E-state index is 0.389. The lowest BCUT2D eigenvalue weighted by atomic mass is 10.1. The molecule has 6 nitrogen and oxygen atoms in total. The Bertz CT molecular complexity index is 559. The molecule has 0 aromatic heterocycles. The number of alkyl halides is 3. The van der Waals surface area contributed by atoms with Gasteiger partial charge in [0.25, 0.3) is 5.69 Å². The van der Waals surface area contributed by atoms with E-state index < -0.39 is 46.4 Å². The van der Waals surface area contributed by atoms with Gasteiger partial charge in [-0.2, -0.15) is 13.2 Å². The van der Waals surface area contributed by atoms with Crippen molar-refractivity contribution < 1.29 is 32.4 Å². The number of aromatic carboxylic acids is 1. The molecule has 0 aliphatic carbocycles. The number of carboxylic acids is 1. The van der Waals surface area contributed by atoms with Gasteiger partial charge >= 0.3 is 12.1 Å². The minimum Gasteiger partial charge on any atom is -0.478 e. The number of benzene rings is 1. The largest absolute Gasteiger partial charge is 0.478 e. The zero-order chi connectivity index (χ0) is 15.7. The molecule has 1 N–H and O–H groups in total. The first-order chi connectivity index (χ1) is 9.03. The fourth-order valence-electron chi connectivity index (χ4n) is 1.52. The topological polar surface area (TPSA) is 83.7 Å². The Morgan fingerprint density at radius 1 is 1.45 bits per heavy atom. The van der Waals surface area contributed by atoms with Crippen LogP contribution in [0.3, 0.4) is 0 Å². The number of anilines is 1. The van der Waals surface area contributed by atoms with Gasteiger partial charge in [0, 0.05) is 19.2 Å². The number of nitro groups is 1. The molecule has 0 spiro atoms. The van der Waals surface area contributed by atoms with Crippen molar-refractivity contribution in [3.8, 4) is 0 Å². The first kappa shape index (κ1) is 15.7. The Morgan fingerprint density at radius 3 is 2.40 bits per heavy atom. The van der Waals surface area contributed by atoms with Crippen molar-refractivity contribution in [2.75, 3.05) is 18.5 Å². The number of carboxylic acid groups (broad SMARTS) is 1. The van der Waals surface area contributed by atoms with Gasteiger partial charge < -0.3 is 10.0 Å². The number of halogens is 4. The van der Waals surface area contributed by atoms with Gasteiger partial charge in [-0.3, -0.25) is 10.1 Å². The Hall–Kier alpha value is -2.39. The fraction of sp³-hybridized carbons (Fsp3) is 0.300. The normalized spacial score (nSPS) is 11.2. The highest BCUT2D eigenvalue weighted by Gasteiger charge is 2.32. The van der Waals surface area contributed by atoms with Crippen LogP contribution < -0.4 is 4.90 Å². The lowest BCUT2D eigenvalue weighted by Crippen LogP contribution is -2.31. The van der Waals surface area contributed by atoms with Crippen molar-refractivity contribution in [2.24, 2.45) is 0 Å². The molecule has 0 unspecified atom stereocenters. The summed E-state index contributed by atoms with van der Waals surface area (Å²) in [5, 5.41) is 19.4. The molecule has 0 saturated heterocycles. The van der Waals surface area contributed by atoms with E-state index >= 15 is 0 Å². The molecule has 1 rings (SSSR count). The van der Waals surface area contributed by atoms with E-state index in [-0.39, 0.29) is 0 Å². The third-order valence-electron chi connectivity index (χ3n) is 2.32. The standard InChI is InChI=1S/C10H8F4N2O4/c1-15(4-10(12,13)14)7-3-6(11)5(9(17)18)2-8(7)16(19)20/h2-3H,4H2,1H3,(H,17,18). The third-order valence-corrected chi connectivity index (χ3v) is 2.32. The molecule has 0 amide bonds. The van der Waals surface area contributed by atoms with Gasteiger partial charge in [0.2, 0.25) is 0 Å². The van der Waals surface area contributed by atoms with Crippen LogP contribution >= 0.6 is 0 Å². The predicted molar refractivity (Wildman–Crippen MR) is 59.3 cm³/mol. The second-order valence-corrected chi connectivity index (χ2v) is 3.85. The molecule has 0 heterocycles. The number of hydrogen-bond donors (Lipinski definition) is 1. The van der Waals surface area contributed by atoms with Crippen molar-refractivity contribution in [3.05, 3.63) is 33.6 Å². The molecule has 20 heavy (non-hydrogen) atoms. The molecule has 0 atom stereocenters. The highest BCUT2D eigenvalue weighted by Crippen LogP contribution is 2.32. The van der Waals surface area contributed by atoms with Gasteiger partial charge in [0.05, 0.1) is 4.92 Å². The van der Waals surface area contributed by atoms with Crippen LogP contribution in [0.25, 0.3) is 0 Å². The maximum atomic E-state index is 13.4. The summed E-state index contributed by atoms with van der Waals surface area (Å²) in [5.74, 6) is -3.11. The second kappa shape index (κ2) is 5.31. The van der Waals surface area contributed by atoms with E-state index in [4.69, 9.17) is 5.11 Å². The molecule has 0 bridgehead atoms. The lowest BCUT2D eigenvalue weighted by molar-refractivity contribution is -0.384. The lowest BCUT2D eigenvalue weighted by Gasteiger charge is -2.21. The van der Waals surface area contributed by atoms with Crippen LogP contribution in [0.1, 0.15) is 10.4 Å². The molecule has 10 heteroatoms. The van der Waals surface area contributed by atoms with Crippen LogP contribution in [0.4, 0.5) is 28.9 Å². The van der Waals surface area contributed by atoms with Gasteiger partial charge in [-0.1, -0.05) is 0 Å². The molecular formula is C10H8F4N2O4. The summed E-state index contributed by atoms with van der Waals surface area (Å²) in [4.78, 5) is 20.8. The summed E-state index contributed by atoms with van der Waals surface area (Å²) in [6, 6.07) is 0.785. The van der Waals surface area contributed by atoms with Gasteiger partial charge in [-0.25, -0.2) is 9.18 Å². The Kier molecular flexibility index (Phi) is 4.16. The van der Waals surface area contributed by atoms with E-state index in [1.807, 2.05) is 0 Å². The van der Waals surface area contributed by atoms with E-state index in [0.29, 0.717) is 17.0 Å². The summed E-state index contributed by atoms with van der Waals surface area (Å²) in [6.45, 7) is -1.54. The average molecular weight is 296 g/mol. The third kappa shape index (κ3) is 3.56. The number of nitro benzene ring substituents is 1. The van der Waals surface area contributed by atoms with E-state index in [1.165, 1.54) is 0 Å². The minimum atomic E-state index is -4.65. The Morgan fingerprint density at radius 2 is 2.00 bits per heavy atom. The molecule has 0 saturated carbocycles. The molecule has 0 aliphatic rings. The van der Waals surface area contributed by atoms with Gasteiger partial charge in [0.15, 0.2) is 0 Å². The molecule has 1 aromatic carbocycles. The van der Waals surface area contributed by atoms with Crippen LogP contribution in [0, 0.1) is 15.9 Å². The van der Waals surface area contributed by atoms with E-state index in [1.54, 1.807) is 0 Å². The summed E-state index contributed by atoms with van der Waals surface area (Å²) >= 11 is 0. The van der Waals surface area contributed by atoms with Crippen molar-refractivity contribution in [3.63, 3.8) is 0 Å². The van der Waals surface area contributed by atoms with Crippen molar-refractivity contribution in [1.29, 1.82) is 0 Å². The van der Waals surface area contributed by atoms with Crippen LogP contribution in [-0.2, 0) is 0 Å². The summed E-state index contributed by atoms with van der Waals surface area (Å²) in [6.07, 6.45) is -4.65. The number of rotatable bonds is 4. The number of carbonyl (C=O) groups is 1. The summed E-state index contributed by atoms with van der Waals surface area (Å²) < 4.78 is 50.1. The molecule has 0 radical (unpaired) electrons. The quantitative estimate of drug-likeness (QED) is 0.524. The SMILES string of the molecule is CN(CC(F)(F)F)c1cc(F)c(C(=O)O)cc1[N+](=O)[O-]. The van der Waals surface area contributed by atoms with Crippen molar-refractivity contribution in [2.45, 2.75) is 6.18 Å². The highest BCUT2D eigenvalue weighted by atomic mass is 19.4. The van der Waals surface area contributed by atoms with E-state index in [0.717, 1.165) is 7.05 Å². The molecule has 110 valence electrons. The van der Waals surface area contributed by atoms with Crippen molar-refractivity contribution >= 4 is 17.3 Å². The zero-order valence-electron chi connectivity index (χ0n) is 9.94. The fourth-order valence-corrected chi connectivity index (χ4v) is 1.52. The predicted octanol–water partition coefficient (Wildman–Crippen LogP) is 2.43. The maximum Gasteiger partial charge on any atom is 0.405 e. The van der Waals surface area contributed by atoms with E-state index in [9.17, 15) is 32.5 Å². The number of nitrogens with zero attached hydrogens (tertiary/aromatic N) is 2. The summed E-state index contributed by atoms with van der Waals surface area (Å²) in [7, 11) is 0.885. The van der Waals surface area contributed by atoms with Crippen LogP contribution in [0.2, 0.25) is 0 Å². The van der Waals surface area contributed by atoms with Crippen molar-refractivity contribution in [1.82, 2.24) is 0 Å².